The average Bonchev–Trinajstić information content (AvgIpc) is 3.05. The summed E-state index contributed by atoms with van der Waals surface area (Å²) in [5, 5.41) is 5.05. The molecule has 1 atom stereocenters. The van der Waals surface area contributed by atoms with Crippen molar-refractivity contribution in [1.29, 1.82) is 0 Å². The van der Waals surface area contributed by atoms with Gasteiger partial charge in [-0.05, 0) is 61.0 Å². The Morgan fingerprint density at radius 3 is 2.92 bits per heavy atom. The number of carbonyl (C=O) groups excluding carboxylic acids is 2. The Morgan fingerprint density at radius 2 is 2.20 bits per heavy atom. The number of hydrogen-bond donors (Lipinski definition) is 2. The third kappa shape index (κ3) is 3.76. The Morgan fingerprint density at radius 1 is 1.40 bits per heavy atom. The lowest BCUT2D eigenvalue weighted by atomic mass is 10.0. The van der Waals surface area contributed by atoms with Gasteiger partial charge in [-0.15, -0.1) is 11.3 Å². The lowest BCUT2D eigenvalue weighted by molar-refractivity contribution is -0.119. The maximum atomic E-state index is 12.7. The van der Waals surface area contributed by atoms with Gasteiger partial charge in [0.2, 0.25) is 0 Å². The summed E-state index contributed by atoms with van der Waals surface area (Å²) in [6.07, 6.45) is 0.892. The van der Waals surface area contributed by atoms with E-state index < -0.39 is 5.91 Å². The fourth-order valence-electron chi connectivity index (χ4n) is 2.99. The van der Waals surface area contributed by atoms with Gasteiger partial charge in [0.05, 0.1) is 6.04 Å². The number of ether oxygens (including phenoxy) is 1. The first kappa shape index (κ1) is 17.3. The van der Waals surface area contributed by atoms with E-state index in [0.29, 0.717) is 12.3 Å². The van der Waals surface area contributed by atoms with E-state index in [2.05, 4.69) is 23.7 Å². The second kappa shape index (κ2) is 7.14. The van der Waals surface area contributed by atoms with Crippen LogP contribution in [0.25, 0.3) is 0 Å². The van der Waals surface area contributed by atoms with Crippen molar-refractivity contribution in [3.05, 3.63) is 45.6 Å². The summed E-state index contributed by atoms with van der Waals surface area (Å²) in [7, 11) is 0. The van der Waals surface area contributed by atoms with Crippen LogP contribution in [0.5, 0.6) is 5.75 Å². The second-order valence-electron chi connectivity index (χ2n) is 6.08. The van der Waals surface area contributed by atoms with Crippen molar-refractivity contribution < 1.29 is 14.3 Å². The summed E-state index contributed by atoms with van der Waals surface area (Å²) in [6.45, 7) is 4.47. The summed E-state index contributed by atoms with van der Waals surface area (Å²) in [5.41, 5.74) is 7.88. The number of nitrogens with one attached hydrogen (secondary N) is 1. The normalized spacial score (nSPS) is 16.2. The van der Waals surface area contributed by atoms with Crippen LogP contribution in [-0.2, 0) is 11.2 Å². The molecule has 132 valence electrons. The Hall–Kier alpha value is -2.54. The van der Waals surface area contributed by atoms with Gasteiger partial charge in [0.1, 0.15) is 5.75 Å². The lowest BCUT2D eigenvalue weighted by Crippen LogP contribution is -2.41. The van der Waals surface area contributed by atoms with E-state index in [1.54, 1.807) is 29.5 Å². The van der Waals surface area contributed by atoms with Gasteiger partial charge in [0.15, 0.2) is 6.61 Å². The Kier molecular flexibility index (Phi) is 4.94. The van der Waals surface area contributed by atoms with Crippen molar-refractivity contribution in [2.45, 2.75) is 26.3 Å². The molecular formula is C18H21N3O3S. The van der Waals surface area contributed by atoms with Crippen molar-refractivity contribution in [2.24, 2.45) is 5.73 Å². The molecule has 1 unspecified atom stereocenters. The molecule has 0 bridgehead atoms. The first-order valence-corrected chi connectivity index (χ1v) is 8.99. The summed E-state index contributed by atoms with van der Waals surface area (Å²) in [6, 6.07) is 7.30. The quantitative estimate of drug-likeness (QED) is 0.880. The van der Waals surface area contributed by atoms with Crippen LogP contribution in [-0.4, -0.2) is 30.0 Å². The summed E-state index contributed by atoms with van der Waals surface area (Å²) in [5.74, 6) is 0.0190. The number of thiophene rings is 1. The number of aryl methyl sites for hydroxylation is 1. The lowest BCUT2D eigenvalue weighted by Gasteiger charge is -2.33. The standard InChI is InChI=1S/C18H21N3O3S/c1-11-9-13(24-10-17(19)22)3-4-15(11)20-18(23)21-7-5-16-14(12(21)2)6-8-25-16/h3-4,6,8-9,12H,5,7,10H2,1-2H3,(H2,19,22)(H,20,23). The number of amides is 3. The summed E-state index contributed by atoms with van der Waals surface area (Å²) >= 11 is 1.75. The fraction of sp³-hybridized carbons (Fsp3) is 0.333. The van der Waals surface area contributed by atoms with Crippen LogP contribution in [0.3, 0.4) is 0 Å². The number of fused-ring (bicyclic) bond motifs is 1. The molecule has 3 N–H and O–H groups in total. The van der Waals surface area contributed by atoms with Gasteiger partial charge in [-0.3, -0.25) is 4.79 Å². The molecule has 2 aromatic rings. The number of benzene rings is 1. The number of hydrogen-bond acceptors (Lipinski definition) is 4. The molecule has 1 aliphatic heterocycles. The van der Waals surface area contributed by atoms with Crippen LogP contribution in [0, 0.1) is 6.92 Å². The van der Waals surface area contributed by atoms with Crippen molar-refractivity contribution in [3.8, 4) is 5.75 Å². The zero-order valence-corrected chi connectivity index (χ0v) is 15.1. The average molecular weight is 359 g/mol. The molecular weight excluding hydrogens is 338 g/mol. The van der Waals surface area contributed by atoms with Crippen molar-refractivity contribution in [1.82, 2.24) is 4.90 Å². The highest BCUT2D eigenvalue weighted by Crippen LogP contribution is 2.33. The molecule has 1 aromatic carbocycles. The minimum absolute atomic E-state index is 0.0634. The van der Waals surface area contributed by atoms with Gasteiger partial charge in [0, 0.05) is 17.1 Å². The van der Waals surface area contributed by atoms with E-state index in [1.165, 1.54) is 10.4 Å². The van der Waals surface area contributed by atoms with E-state index in [9.17, 15) is 9.59 Å². The minimum atomic E-state index is -0.526. The van der Waals surface area contributed by atoms with Crippen molar-refractivity contribution >= 4 is 29.0 Å². The number of rotatable bonds is 4. The van der Waals surface area contributed by atoms with Gasteiger partial charge >= 0.3 is 6.03 Å². The van der Waals surface area contributed by atoms with Crippen molar-refractivity contribution in [2.75, 3.05) is 18.5 Å². The topological polar surface area (TPSA) is 84.7 Å². The Labute approximate surface area is 150 Å². The smallest absolute Gasteiger partial charge is 0.322 e. The molecule has 7 heteroatoms. The predicted molar refractivity (Wildman–Crippen MR) is 98.0 cm³/mol. The minimum Gasteiger partial charge on any atom is -0.484 e. The molecule has 2 heterocycles. The molecule has 0 spiro atoms. The summed E-state index contributed by atoms with van der Waals surface area (Å²) < 4.78 is 5.28. The highest BCUT2D eigenvalue weighted by atomic mass is 32.1. The Balaban J connectivity index is 1.68. The van der Waals surface area contributed by atoms with Crippen LogP contribution in [0.15, 0.2) is 29.6 Å². The number of nitrogens with zero attached hydrogens (tertiary/aromatic N) is 1. The largest absolute Gasteiger partial charge is 0.484 e. The first-order valence-electron chi connectivity index (χ1n) is 8.11. The van der Waals surface area contributed by atoms with Crippen LogP contribution in [0.4, 0.5) is 10.5 Å². The molecule has 1 aliphatic rings. The fourth-order valence-corrected chi connectivity index (χ4v) is 3.96. The van der Waals surface area contributed by atoms with Crippen LogP contribution >= 0.6 is 11.3 Å². The van der Waals surface area contributed by atoms with Gasteiger partial charge in [-0.1, -0.05) is 0 Å². The first-order chi connectivity index (χ1) is 12.0. The molecule has 0 saturated heterocycles. The van der Waals surface area contributed by atoms with Crippen LogP contribution < -0.4 is 15.8 Å². The van der Waals surface area contributed by atoms with Crippen LogP contribution in [0.1, 0.15) is 29.0 Å². The van der Waals surface area contributed by atoms with E-state index in [-0.39, 0.29) is 18.7 Å². The molecule has 6 nitrogen and oxygen atoms in total. The number of carbonyl (C=O) groups is 2. The molecule has 0 fully saturated rings. The SMILES string of the molecule is Cc1cc(OCC(N)=O)ccc1NC(=O)N1CCc2sccc2C1C. The molecule has 3 rings (SSSR count). The molecule has 0 radical (unpaired) electrons. The van der Waals surface area contributed by atoms with Gasteiger partial charge in [-0.25, -0.2) is 4.79 Å². The zero-order chi connectivity index (χ0) is 18.0. The third-order valence-corrected chi connectivity index (χ3v) is 5.36. The molecule has 3 amide bonds. The molecule has 0 aliphatic carbocycles. The van der Waals surface area contributed by atoms with Gasteiger partial charge < -0.3 is 20.7 Å². The Bertz CT molecular complexity index is 803. The monoisotopic (exact) mass is 359 g/mol. The van der Waals surface area contributed by atoms with Crippen molar-refractivity contribution in [3.63, 3.8) is 0 Å². The maximum Gasteiger partial charge on any atom is 0.322 e. The van der Waals surface area contributed by atoms with Gasteiger partial charge in [0.25, 0.3) is 5.91 Å². The number of urea groups is 1. The third-order valence-electron chi connectivity index (χ3n) is 4.36. The van der Waals surface area contributed by atoms with E-state index >= 15 is 0 Å². The highest BCUT2D eigenvalue weighted by Gasteiger charge is 2.28. The molecule has 0 saturated carbocycles. The summed E-state index contributed by atoms with van der Waals surface area (Å²) in [4.78, 5) is 26.7. The number of anilines is 1. The number of nitrogens with two attached hydrogens (primary N) is 1. The maximum absolute atomic E-state index is 12.7. The highest BCUT2D eigenvalue weighted by molar-refractivity contribution is 7.10. The van der Waals surface area contributed by atoms with Gasteiger partial charge in [-0.2, -0.15) is 0 Å². The van der Waals surface area contributed by atoms with E-state index in [0.717, 1.165) is 17.7 Å². The number of primary amides is 1. The van der Waals surface area contributed by atoms with Crippen LogP contribution in [0.2, 0.25) is 0 Å². The second-order valence-corrected chi connectivity index (χ2v) is 7.08. The molecule has 1 aromatic heterocycles. The molecule has 25 heavy (non-hydrogen) atoms. The zero-order valence-electron chi connectivity index (χ0n) is 14.2. The van der Waals surface area contributed by atoms with E-state index in [1.807, 2.05) is 11.8 Å². The van der Waals surface area contributed by atoms with E-state index in [4.69, 9.17) is 10.5 Å². The predicted octanol–water partition coefficient (Wildman–Crippen LogP) is 3.07.